The first kappa shape index (κ1) is 16.3. The van der Waals surface area contributed by atoms with Gasteiger partial charge in [-0.25, -0.2) is 0 Å². The number of amides is 1. The van der Waals surface area contributed by atoms with Crippen molar-refractivity contribution in [2.75, 3.05) is 12.8 Å². The van der Waals surface area contributed by atoms with Gasteiger partial charge in [0.25, 0.3) is 0 Å². The predicted octanol–water partition coefficient (Wildman–Crippen LogP) is 1.71. The number of thioether (sulfide) groups is 1. The lowest BCUT2D eigenvalue weighted by Gasteiger charge is -2.35. The first-order valence-corrected chi connectivity index (χ1v) is 8.45. The van der Waals surface area contributed by atoms with Crippen LogP contribution < -0.4 is 0 Å². The lowest BCUT2D eigenvalue weighted by Crippen LogP contribution is -2.46. The first-order valence-electron chi connectivity index (χ1n) is 7.46. The van der Waals surface area contributed by atoms with Crippen LogP contribution in [-0.4, -0.2) is 55.6 Å². The summed E-state index contributed by atoms with van der Waals surface area (Å²) in [5.74, 6) is 0.356. The standard InChI is InChI=1S/C14H24N4O2S/c1-10(2)18-9-15-16-14(18)21-8-13(20)17(3)11-6-4-5-7-12(11)19/h9-12,19H,4-8H2,1-3H3. The zero-order valence-electron chi connectivity index (χ0n) is 12.9. The smallest absolute Gasteiger partial charge is 0.233 e. The van der Waals surface area contributed by atoms with Gasteiger partial charge in [-0.15, -0.1) is 10.2 Å². The van der Waals surface area contributed by atoms with Crippen LogP contribution in [0.1, 0.15) is 45.6 Å². The van der Waals surface area contributed by atoms with E-state index in [9.17, 15) is 9.90 Å². The molecule has 1 N–H and O–H groups in total. The summed E-state index contributed by atoms with van der Waals surface area (Å²) in [6.45, 7) is 4.11. The fourth-order valence-corrected chi connectivity index (χ4v) is 3.61. The quantitative estimate of drug-likeness (QED) is 0.838. The third-order valence-corrected chi connectivity index (χ3v) is 4.95. The second-order valence-corrected chi connectivity index (χ2v) is 6.77. The van der Waals surface area contributed by atoms with Gasteiger partial charge in [0.2, 0.25) is 5.91 Å². The van der Waals surface area contributed by atoms with Crippen molar-refractivity contribution in [3.05, 3.63) is 6.33 Å². The highest BCUT2D eigenvalue weighted by molar-refractivity contribution is 7.99. The van der Waals surface area contributed by atoms with Crippen molar-refractivity contribution in [3.8, 4) is 0 Å². The Hall–Kier alpha value is -1.08. The minimum atomic E-state index is -0.392. The van der Waals surface area contributed by atoms with E-state index in [0.29, 0.717) is 5.75 Å². The Labute approximate surface area is 129 Å². The number of likely N-dealkylation sites (N-methyl/N-ethyl adjacent to an activating group) is 1. The van der Waals surface area contributed by atoms with Crippen molar-refractivity contribution in [3.63, 3.8) is 0 Å². The van der Waals surface area contributed by atoms with Crippen molar-refractivity contribution < 1.29 is 9.90 Å². The largest absolute Gasteiger partial charge is 0.391 e. The van der Waals surface area contributed by atoms with Crippen LogP contribution in [0.4, 0.5) is 0 Å². The number of rotatable bonds is 5. The number of carbonyl (C=O) groups is 1. The summed E-state index contributed by atoms with van der Waals surface area (Å²) in [6.07, 6.45) is 5.09. The second kappa shape index (κ2) is 7.26. The third kappa shape index (κ3) is 3.97. The molecule has 1 heterocycles. The lowest BCUT2D eigenvalue weighted by molar-refractivity contribution is -0.132. The van der Waals surface area contributed by atoms with Crippen LogP contribution in [0, 0.1) is 0 Å². The van der Waals surface area contributed by atoms with Crippen LogP contribution in [0.5, 0.6) is 0 Å². The molecule has 1 aliphatic carbocycles. The van der Waals surface area contributed by atoms with E-state index >= 15 is 0 Å². The van der Waals surface area contributed by atoms with Gasteiger partial charge in [0, 0.05) is 13.1 Å². The molecular formula is C14H24N4O2S. The number of aliphatic hydroxyl groups excluding tert-OH is 1. The molecule has 7 heteroatoms. The Morgan fingerprint density at radius 1 is 1.52 bits per heavy atom. The van der Waals surface area contributed by atoms with E-state index in [1.54, 1.807) is 18.3 Å². The highest BCUT2D eigenvalue weighted by atomic mass is 32.2. The fraction of sp³-hybridized carbons (Fsp3) is 0.786. The SMILES string of the molecule is CC(C)n1cnnc1SCC(=O)N(C)C1CCCCC1O. The summed E-state index contributed by atoms with van der Waals surface area (Å²) in [4.78, 5) is 14.0. The minimum Gasteiger partial charge on any atom is -0.391 e. The maximum Gasteiger partial charge on any atom is 0.233 e. The van der Waals surface area contributed by atoms with Gasteiger partial charge in [0.05, 0.1) is 17.9 Å². The Kier molecular flexibility index (Phi) is 5.64. The van der Waals surface area contributed by atoms with Gasteiger partial charge in [0.15, 0.2) is 5.16 Å². The lowest BCUT2D eigenvalue weighted by atomic mass is 9.91. The van der Waals surface area contributed by atoms with E-state index in [2.05, 4.69) is 24.0 Å². The number of hydrogen-bond donors (Lipinski definition) is 1. The Morgan fingerprint density at radius 3 is 2.90 bits per heavy atom. The van der Waals surface area contributed by atoms with Crippen molar-refractivity contribution in [1.82, 2.24) is 19.7 Å². The van der Waals surface area contributed by atoms with Gasteiger partial charge in [-0.05, 0) is 26.7 Å². The second-order valence-electron chi connectivity index (χ2n) is 5.83. The maximum absolute atomic E-state index is 12.3. The topological polar surface area (TPSA) is 71.2 Å². The summed E-state index contributed by atoms with van der Waals surface area (Å²) in [5, 5.41) is 18.7. The van der Waals surface area contributed by atoms with Crippen molar-refractivity contribution in [2.45, 2.75) is 62.9 Å². The van der Waals surface area contributed by atoms with E-state index in [-0.39, 0.29) is 18.0 Å². The molecule has 0 aliphatic heterocycles. The maximum atomic E-state index is 12.3. The zero-order valence-corrected chi connectivity index (χ0v) is 13.7. The first-order chi connectivity index (χ1) is 10.0. The minimum absolute atomic E-state index is 0.0317. The molecule has 0 radical (unpaired) electrons. The molecule has 0 aromatic carbocycles. The van der Waals surface area contributed by atoms with Crippen LogP contribution in [-0.2, 0) is 4.79 Å². The molecule has 0 spiro atoms. The van der Waals surface area contributed by atoms with Crippen molar-refractivity contribution in [2.24, 2.45) is 0 Å². The monoisotopic (exact) mass is 312 g/mol. The van der Waals surface area contributed by atoms with Crippen LogP contribution in [0.15, 0.2) is 11.5 Å². The average Bonchev–Trinajstić information content (AvgIpc) is 2.93. The molecule has 2 unspecified atom stereocenters. The number of hydrogen-bond acceptors (Lipinski definition) is 5. The molecule has 2 rings (SSSR count). The molecule has 1 fully saturated rings. The molecule has 0 saturated heterocycles. The zero-order chi connectivity index (χ0) is 15.4. The third-order valence-electron chi connectivity index (χ3n) is 4.01. The fourth-order valence-electron chi connectivity index (χ4n) is 2.65. The molecule has 1 aliphatic rings. The van der Waals surface area contributed by atoms with E-state index in [1.165, 1.54) is 11.8 Å². The van der Waals surface area contributed by atoms with Gasteiger partial charge in [-0.1, -0.05) is 24.6 Å². The van der Waals surface area contributed by atoms with Crippen molar-refractivity contribution >= 4 is 17.7 Å². The number of aliphatic hydroxyl groups is 1. The molecule has 2 atom stereocenters. The molecule has 6 nitrogen and oxygen atoms in total. The summed E-state index contributed by atoms with van der Waals surface area (Å²) in [5.41, 5.74) is 0. The van der Waals surface area contributed by atoms with Crippen LogP contribution in [0.25, 0.3) is 0 Å². The van der Waals surface area contributed by atoms with Crippen LogP contribution >= 0.6 is 11.8 Å². The number of carbonyl (C=O) groups excluding carboxylic acids is 1. The molecular weight excluding hydrogens is 288 g/mol. The van der Waals surface area contributed by atoms with E-state index < -0.39 is 6.10 Å². The summed E-state index contributed by atoms with van der Waals surface area (Å²) in [6, 6.07) is 0.227. The van der Waals surface area contributed by atoms with Gasteiger partial charge >= 0.3 is 0 Å². The molecule has 0 bridgehead atoms. The predicted molar refractivity (Wildman–Crippen MR) is 82.2 cm³/mol. The number of aromatic nitrogens is 3. The van der Waals surface area contributed by atoms with E-state index in [4.69, 9.17) is 0 Å². The Bertz CT molecular complexity index is 477. The highest BCUT2D eigenvalue weighted by Gasteiger charge is 2.29. The van der Waals surface area contributed by atoms with Gasteiger partial charge in [-0.3, -0.25) is 4.79 Å². The van der Waals surface area contributed by atoms with Crippen LogP contribution in [0.2, 0.25) is 0 Å². The van der Waals surface area contributed by atoms with E-state index in [1.807, 2.05) is 4.57 Å². The number of nitrogens with zero attached hydrogens (tertiary/aromatic N) is 4. The van der Waals surface area contributed by atoms with Crippen molar-refractivity contribution in [1.29, 1.82) is 0 Å². The van der Waals surface area contributed by atoms with E-state index in [0.717, 1.165) is 30.8 Å². The average molecular weight is 312 g/mol. The molecule has 21 heavy (non-hydrogen) atoms. The molecule has 1 aromatic heterocycles. The Morgan fingerprint density at radius 2 is 2.24 bits per heavy atom. The summed E-state index contributed by atoms with van der Waals surface area (Å²) < 4.78 is 1.95. The molecule has 118 valence electrons. The van der Waals surface area contributed by atoms with Gasteiger partial charge < -0.3 is 14.6 Å². The normalized spacial score (nSPS) is 22.5. The van der Waals surface area contributed by atoms with Crippen LogP contribution in [0.3, 0.4) is 0 Å². The highest BCUT2D eigenvalue weighted by Crippen LogP contribution is 2.24. The summed E-state index contributed by atoms with van der Waals surface area (Å²) in [7, 11) is 1.79. The molecule has 1 aromatic rings. The van der Waals surface area contributed by atoms with Gasteiger partial charge in [0.1, 0.15) is 6.33 Å². The summed E-state index contributed by atoms with van der Waals surface area (Å²) >= 11 is 1.40. The Balaban J connectivity index is 1.90. The molecule has 1 saturated carbocycles. The molecule has 1 amide bonds. The van der Waals surface area contributed by atoms with Gasteiger partial charge in [-0.2, -0.15) is 0 Å².